The van der Waals surface area contributed by atoms with Gasteiger partial charge >= 0.3 is 17.1 Å². The minimum Gasteiger partial charge on any atom is -0.214 e. The summed E-state index contributed by atoms with van der Waals surface area (Å²) in [6.45, 7) is 2.08. The molecule has 0 heterocycles. The number of hydrogen-bond acceptors (Lipinski definition) is 0. The Balaban J connectivity index is 0.000000189. The molecule has 0 spiro atoms. The zero-order valence-corrected chi connectivity index (χ0v) is 8.15. The van der Waals surface area contributed by atoms with Crippen LogP contribution >= 0.6 is 0 Å². The van der Waals surface area contributed by atoms with Crippen LogP contribution in [0.1, 0.15) is 5.56 Å². The molecule has 0 amide bonds. The van der Waals surface area contributed by atoms with Gasteiger partial charge in [-0.15, -0.1) is 0 Å². The van der Waals surface area contributed by atoms with Crippen LogP contribution in [-0.2, 0) is 17.1 Å². The predicted molar refractivity (Wildman–Crippen MR) is 48.8 cm³/mol. The summed E-state index contributed by atoms with van der Waals surface area (Å²) in [4.78, 5) is 0. The maximum absolute atomic E-state index is 2.08. The Morgan fingerprint density at radius 2 is 1.42 bits per heavy atom. The van der Waals surface area contributed by atoms with Crippen molar-refractivity contribution in [2.45, 2.75) is 6.92 Å². The van der Waals surface area contributed by atoms with Crippen molar-refractivity contribution >= 4 is 0 Å². The third-order valence-electron chi connectivity index (χ3n) is 1.38. The molecule has 0 unspecified atom stereocenters. The van der Waals surface area contributed by atoms with Gasteiger partial charge in [0.05, 0.1) is 0 Å². The van der Waals surface area contributed by atoms with E-state index >= 15 is 0 Å². The predicted octanol–water partition coefficient (Wildman–Crippen LogP) is 3.12. The van der Waals surface area contributed by atoms with E-state index in [9.17, 15) is 0 Å². The van der Waals surface area contributed by atoms with Crippen LogP contribution in [0.4, 0.5) is 0 Å². The molecule has 0 radical (unpaired) electrons. The second kappa shape index (κ2) is 6.90. The summed E-state index contributed by atoms with van der Waals surface area (Å²) in [5, 5.41) is 0. The minimum absolute atomic E-state index is 0. The summed E-state index contributed by atoms with van der Waals surface area (Å²) in [5.74, 6) is 0. The standard InChI is InChI=1S/C6H7.C5H5.Fe/c1-6-4-2-3-5-6;1-2-4-5-3-1;/h2-5H,1H3;1-5H;/q2*-1;+2. The van der Waals surface area contributed by atoms with Gasteiger partial charge in [-0.25, -0.2) is 24.3 Å². The Bertz CT molecular complexity index is 223. The molecule has 0 fully saturated rings. The fraction of sp³-hybridized carbons (Fsp3) is 0.0909. The van der Waals surface area contributed by atoms with Gasteiger partial charge in [-0.05, 0) is 0 Å². The first-order valence-corrected chi connectivity index (χ1v) is 3.74. The first kappa shape index (κ1) is 11.2. The van der Waals surface area contributed by atoms with Crippen LogP contribution in [0.15, 0.2) is 54.6 Å². The van der Waals surface area contributed by atoms with Crippen LogP contribution in [0.25, 0.3) is 0 Å². The fourth-order valence-electron chi connectivity index (χ4n) is 0.791. The van der Waals surface area contributed by atoms with Gasteiger partial charge in [0.15, 0.2) is 0 Å². The average molecular weight is 200 g/mol. The van der Waals surface area contributed by atoms with Gasteiger partial charge in [0, 0.05) is 0 Å². The van der Waals surface area contributed by atoms with Crippen molar-refractivity contribution in [2.75, 3.05) is 0 Å². The van der Waals surface area contributed by atoms with Crippen molar-refractivity contribution in [2.24, 2.45) is 0 Å². The van der Waals surface area contributed by atoms with E-state index < -0.39 is 0 Å². The van der Waals surface area contributed by atoms with Crippen LogP contribution in [0, 0.1) is 6.92 Å². The molecule has 2 aromatic rings. The van der Waals surface area contributed by atoms with Crippen molar-refractivity contribution in [3.8, 4) is 0 Å². The SMILES string of the molecule is C[c-]1cccc1.[Fe+2].c1cc[cH-]c1. The normalized spacial score (nSPS) is 7.75. The summed E-state index contributed by atoms with van der Waals surface area (Å²) >= 11 is 0. The van der Waals surface area contributed by atoms with Gasteiger partial charge in [-0.2, -0.15) is 35.9 Å². The molecule has 0 aromatic heterocycles. The molecule has 0 nitrogen and oxygen atoms in total. The van der Waals surface area contributed by atoms with Crippen LogP contribution in [0.3, 0.4) is 0 Å². The number of aryl methyl sites for hydroxylation is 1. The first-order chi connectivity index (χ1) is 5.39. The van der Waals surface area contributed by atoms with E-state index in [0.717, 1.165) is 0 Å². The van der Waals surface area contributed by atoms with Gasteiger partial charge in [-0.3, -0.25) is 0 Å². The molecule has 0 atom stereocenters. The molecule has 0 aliphatic heterocycles. The molecule has 0 bridgehead atoms. The van der Waals surface area contributed by atoms with Crippen LogP contribution in [-0.4, -0.2) is 0 Å². The third kappa shape index (κ3) is 4.95. The maximum Gasteiger partial charge on any atom is 2.00 e. The summed E-state index contributed by atoms with van der Waals surface area (Å²) in [6.07, 6.45) is 0. The molecule has 2 rings (SSSR count). The molecule has 2 aromatic carbocycles. The fourth-order valence-corrected chi connectivity index (χ4v) is 0.791. The van der Waals surface area contributed by atoms with E-state index in [4.69, 9.17) is 0 Å². The number of hydrogen-bond donors (Lipinski definition) is 0. The smallest absolute Gasteiger partial charge is 0.214 e. The largest absolute Gasteiger partial charge is 2.00 e. The molecule has 0 aliphatic carbocycles. The van der Waals surface area contributed by atoms with Crippen molar-refractivity contribution in [3.63, 3.8) is 0 Å². The third-order valence-corrected chi connectivity index (χ3v) is 1.38. The Hall–Kier alpha value is -0.781. The summed E-state index contributed by atoms with van der Waals surface area (Å²) < 4.78 is 0. The van der Waals surface area contributed by atoms with E-state index in [-0.39, 0.29) is 17.1 Å². The molecular weight excluding hydrogens is 188 g/mol. The van der Waals surface area contributed by atoms with Crippen LogP contribution in [0.5, 0.6) is 0 Å². The second-order valence-corrected chi connectivity index (χ2v) is 2.42. The molecule has 0 N–H and O–H groups in total. The topological polar surface area (TPSA) is 0 Å². The first-order valence-electron chi connectivity index (χ1n) is 3.74. The zero-order chi connectivity index (χ0) is 7.94. The van der Waals surface area contributed by atoms with Gasteiger partial charge in [0.1, 0.15) is 0 Å². The molecule has 0 saturated heterocycles. The Morgan fingerprint density at radius 3 is 1.58 bits per heavy atom. The van der Waals surface area contributed by atoms with Crippen molar-refractivity contribution in [1.29, 1.82) is 0 Å². The van der Waals surface area contributed by atoms with E-state index in [1.54, 1.807) is 0 Å². The van der Waals surface area contributed by atoms with Crippen molar-refractivity contribution in [1.82, 2.24) is 0 Å². The molecular formula is C11H12Fe. The average Bonchev–Trinajstić information content (AvgIpc) is 2.57. The minimum atomic E-state index is 0. The van der Waals surface area contributed by atoms with E-state index in [0.29, 0.717) is 0 Å². The quantitative estimate of drug-likeness (QED) is 0.452. The van der Waals surface area contributed by atoms with Crippen molar-refractivity contribution < 1.29 is 17.1 Å². The summed E-state index contributed by atoms with van der Waals surface area (Å²) in [7, 11) is 0. The number of rotatable bonds is 0. The Kier molecular flexibility index (Phi) is 6.45. The monoisotopic (exact) mass is 200 g/mol. The summed E-state index contributed by atoms with van der Waals surface area (Å²) in [6, 6.07) is 18.2. The van der Waals surface area contributed by atoms with Crippen molar-refractivity contribution in [3.05, 3.63) is 60.2 Å². The van der Waals surface area contributed by atoms with Gasteiger partial charge < -0.3 is 0 Å². The van der Waals surface area contributed by atoms with Gasteiger partial charge in [0.2, 0.25) is 0 Å². The Morgan fingerprint density at radius 1 is 0.917 bits per heavy atom. The Labute approximate surface area is 84.4 Å². The maximum atomic E-state index is 2.08. The van der Waals surface area contributed by atoms with E-state index in [2.05, 4.69) is 19.1 Å². The second-order valence-electron chi connectivity index (χ2n) is 2.42. The van der Waals surface area contributed by atoms with Gasteiger partial charge in [-0.1, -0.05) is 6.92 Å². The van der Waals surface area contributed by atoms with E-state index in [1.165, 1.54) is 5.56 Å². The summed E-state index contributed by atoms with van der Waals surface area (Å²) in [5.41, 5.74) is 1.34. The molecule has 64 valence electrons. The molecule has 0 aliphatic rings. The van der Waals surface area contributed by atoms with Crippen LogP contribution < -0.4 is 0 Å². The molecule has 12 heavy (non-hydrogen) atoms. The molecule has 0 saturated carbocycles. The van der Waals surface area contributed by atoms with Gasteiger partial charge in [0.25, 0.3) is 0 Å². The molecule has 1 heteroatoms. The zero-order valence-electron chi connectivity index (χ0n) is 7.05. The van der Waals surface area contributed by atoms with Crippen LogP contribution in [0.2, 0.25) is 0 Å². The van der Waals surface area contributed by atoms with E-state index in [1.807, 2.05) is 42.5 Å².